The number of carbonyl (C=O) groups is 1. The predicted octanol–water partition coefficient (Wildman–Crippen LogP) is 2.94. The third-order valence-electron chi connectivity index (χ3n) is 4.54. The molecule has 1 aliphatic rings. The van der Waals surface area contributed by atoms with Gasteiger partial charge in [-0.3, -0.25) is 19.6 Å². The Balaban J connectivity index is 1.51. The molecule has 1 aliphatic carbocycles. The molecule has 0 aromatic heterocycles. The molecule has 9 nitrogen and oxygen atoms in total. The number of hydrogen-bond acceptors (Lipinski definition) is 6. The van der Waals surface area contributed by atoms with Crippen molar-refractivity contribution in [3.63, 3.8) is 0 Å². The van der Waals surface area contributed by atoms with Crippen LogP contribution in [0, 0.1) is 16.0 Å². The van der Waals surface area contributed by atoms with Gasteiger partial charge in [-0.15, -0.1) is 0 Å². The minimum atomic E-state index is -4.00. The number of nitrogens with zero attached hydrogens (tertiary/aromatic N) is 1. The second-order valence-corrected chi connectivity index (χ2v) is 8.75. The van der Waals surface area contributed by atoms with Crippen molar-refractivity contribution in [3.8, 4) is 0 Å². The Hall–Kier alpha value is -2.98. The average Bonchev–Trinajstić information content (AvgIpc) is 3.55. The van der Waals surface area contributed by atoms with E-state index in [2.05, 4.69) is 10.0 Å². The molecule has 2 aromatic rings. The number of nitrogens with one attached hydrogen (secondary N) is 2. The highest BCUT2D eigenvalue weighted by molar-refractivity contribution is 7.92. The van der Waals surface area contributed by atoms with Crippen molar-refractivity contribution in [2.24, 2.45) is 5.92 Å². The van der Waals surface area contributed by atoms with E-state index < -0.39 is 14.9 Å². The number of carbonyl (C=O) groups excluding carboxylic acids is 1. The normalized spacial score (nSPS) is 13.6. The van der Waals surface area contributed by atoms with Gasteiger partial charge in [0.05, 0.1) is 9.82 Å². The van der Waals surface area contributed by atoms with Crippen molar-refractivity contribution in [1.29, 1.82) is 0 Å². The molecule has 0 heterocycles. The van der Waals surface area contributed by atoms with Crippen LogP contribution in [-0.2, 0) is 14.8 Å². The smallest absolute Gasteiger partial charge is 0.270 e. The van der Waals surface area contributed by atoms with E-state index in [0.29, 0.717) is 24.6 Å². The minimum Gasteiger partial charge on any atom is -0.381 e. The van der Waals surface area contributed by atoms with Gasteiger partial charge in [0.1, 0.15) is 0 Å². The molecule has 0 saturated heterocycles. The maximum absolute atomic E-state index is 12.4. The molecule has 2 aromatic carbocycles. The fraction of sp³-hybridized carbons (Fsp3) is 0.350. The zero-order valence-corrected chi connectivity index (χ0v) is 17.1. The Morgan fingerprint density at radius 2 is 1.90 bits per heavy atom. The van der Waals surface area contributed by atoms with Crippen molar-refractivity contribution < 1.29 is 22.9 Å². The molecule has 0 bridgehead atoms. The predicted molar refractivity (Wildman–Crippen MR) is 111 cm³/mol. The van der Waals surface area contributed by atoms with Crippen molar-refractivity contribution in [1.82, 2.24) is 5.32 Å². The molecular weight excluding hydrogens is 410 g/mol. The van der Waals surface area contributed by atoms with Gasteiger partial charge in [-0.25, -0.2) is 8.42 Å². The Morgan fingerprint density at radius 3 is 2.57 bits per heavy atom. The first-order valence-electron chi connectivity index (χ1n) is 9.58. The molecule has 0 atom stereocenters. The van der Waals surface area contributed by atoms with Crippen LogP contribution in [0.15, 0.2) is 53.4 Å². The highest BCUT2D eigenvalue weighted by Crippen LogP contribution is 2.28. The van der Waals surface area contributed by atoms with Crippen LogP contribution in [0.4, 0.5) is 11.4 Å². The van der Waals surface area contributed by atoms with Gasteiger partial charge in [0.2, 0.25) is 0 Å². The lowest BCUT2D eigenvalue weighted by Crippen LogP contribution is -2.25. The van der Waals surface area contributed by atoms with E-state index in [4.69, 9.17) is 4.74 Å². The standard InChI is InChI=1S/C20H23N3O6S/c24-20(21-11-2-12-29-14-15-5-6-15)16-7-9-17(10-8-16)22-30(27,28)19-4-1-3-18(13-19)23(25)26/h1,3-4,7-10,13,15,22H,2,5-6,11-12,14H2,(H,21,24). The first-order valence-corrected chi connectivity index (χ1v) is 11.1. The summed E-state index contributed by atoms with van der Waals surface area (Å²) in [6.45, 7) is 1.89. The summed E-state index contributed by atoms with van der Waals surface area (Å²) in [7, 11) is -4.00. The summed E-state index contributed by atoms with van der Waals surface area (Å²) in [6.07, 6.45) is 3.21. The summed E-state index contributed by atoms with van der Waals surface area (Å²) in [5.41, 5.74) is 0.321. The van der Waals surface area contributed by atoms with E-state index in [9.17, 15) is 23.3 Å². The second kappa shape index (κ2) is 9.68. The van der Waals surface area contributed by atoms with Gasteiger partial charge in [0, 0.05) is 43.1 Å². The number of anilines is 1. The highest BCUT2D eigenvalue weighted by Gasteiger charge is 2.21. The van der Waals surface area contributed by atoms with E-state index >= 15 is 0 Å². The van der Waals surface area contributed by atoms with Crippen molar-refractivity contribution in [3.05, 3.63) is 64.2 Å². The van der Waals surface area contributed by atoms with Gasteiger partial charge < -0.3 is 10.1 Å². The lowest BCUT2D eigenvalue weighted by atomic mass is 10.2. The third kappa shape index (κ3) is 6.26. The number of benzene rings is 2. The number of amides is 1. The van der Waals surface area contributed by atoms with Gasteiger partial charge in [0.25, 0.3) is 21.6 Å². The SMILES string of the molecule is O=C(NCCCOCC1CC1)c1ccc(NS(=O)(=O)c2cccc([N+](=O)[O-])c2)cc1. The number of non-ortho nitro benzene ring substituents is 1. The largest absolute Gasteiger partial charge is 0.381 e. The van der Waals surface area contributed by atoms with Gasteiger partial charge in [-0.05, 0) is 55.5 Å². The minimum absolute atomic E-state index is 0.220. The summed E-state index contributed by atoms with van der Waals surface area (Å²) in [5, 5.41) is 13.6. The summed E-state index contributed by atoms with van der Waals surface area (Å²) >= 11 is 0. The van der Waals surface area contributed by atoms with Gasteiger partial charge in [-0.1, -0.05) is 6.07 Å². The third-order valence-corrected chi connectivity index (χ3v) is 5.92. The molecule has 10 heteroatoms. The number of sulfonamides is 1. The first-order chi connectivity index (χ1) is 14.3. The van der Waals surface area contributed by atoms with Gasteiger partial charge in [0.15, 0.2) is 0 Å². The van der Waals surface area contributed by atoms with Crippen LogP contribution >= 0.6 is 0 Å². The fourth-order valence-electron chi connectivity index (χ4n) is 2.68. The zero-order chi connectivity index (χ0) is 21.6. The molecule has 160 valence electrons. The van der Waals surface area contributed by atoms with Crippen molar-refractivity contribution in [2.75, 3.05) is 24.5 Å². The molecule has 1 saturated carbocycles. The molecule has 0 aliphatic heterocycles. The molecule has 30 heavy (non-hydrogen) atoms. The van der Waals surface area contributed by atoms with Crippen LogP contribution in [0.1, 0.15) is 29.6 Å². The van der Waals surface area contributed by atoms with Crippen LogP contribution in [0.25, 0.3) is 0 Å². The van der Waals surface area contributed by atoms with E-state index in [1.807, 2.05) is 0 Å². The fourth-order valence-corrected chi connectivity index (χ4v) is 3.78. The van der Waals surface area contributed by atoms with Crippen LogP contribution in [-0.4, -0.2) is 39.0 Å². The Bertz CT molecular complexity index is 1000. The second-order valence-electron chi connectivity index (χ2n) is 7.07. The van der Waals surface area contributed by atoms with E-state index in [1.165, 1.54) is 55.3 Å². The molecular formula is C20H23N3O6S. The molecule has 3 rings (SSSR count). The molecule has 0 unspecified atom stereocenters. The molecule has 1 amide bonds. The van der Waals surface area contributed by atoms with Crippen molar-refractivity contribution in [2.45, 2.75) is 24.2 Å². The van der Waals surface area contributed by atoms with Crippen LogP contribution in [0.2, 0.25) is 0 Å². The average molecular weight is 433 g/mol. The molecule has 2 N–H and O–H groups in total. The summed E-state index contributed by atoms with van der Waals surface area (Å²) in [5.74, 6) is 0.456. The molecule has 1 fully saturated rings. The Labute approximate surface area is 174 Å². The van der Waals surface area contributed by atoms with E-state index in [-0.39, 0.29) is 22.2 Å². The topological polar surface area (TPSA) is 128 Å². The van der Waals surface area contributed by atoms with Crippen LogP contribution in [0.5, 0.6) is 0 Å². The maximum Gasteiger partial charge on any atom is 0.270 e. The number of nitro groups is 1. The van der Waals surface area contributed by atoms with E-state index in [0.717, 1.165) is 19.1 Å². The lowest BCUT2D eigenvalue weighted by Gasteiger charge is -2.09. The number of hydrogen-bond donors (Lipinski definition) is 2. The maximum atomic E-state index is 12.4. The highest BCUT2D eigenvalue weighted by atomic mass is 32.2. The zero-order valence-electron chi connectivity index (χ0n) is 16.2. The first kappa shape index (κ1) is 21.7. The summed E-state index contributed by atoms with van der Waals surface area (Å²) in [4.78, 5) is 22.1. The lowest BCUT2D eigenvalue weighted by molar-refractivity contribution is -0.385. The quantitative estimate of drug-likeness (QED) is 0.319. The number of ether oxygens (including phenoxy) is 1. The monoisotopic (exact) mass is 433 g/mol. The van der Waals surface area contributed by atoms with Crippen LogP contribution in [0.3, 0.4) is 0 Å². The Morgan fingerprint density at radius 1 is 1.17 bits per heavy atom. The number of rotatable bonds is 11. The number of nitro benzene ring substituents is 1. The Kier molecular flexibility index (Phi) is 7.01. The van der Waals surface area contributed by atoms with Gasteiger partial charge in [-0.2, -0.15) is 0 Å². The summed E-state index contributed by atoms with van der Waals surface area (Å²) in [6, 6.07) is 10.7. The molecule has 0 radical (unpaired) electrons. The van der Waals surface area contributed by atoms with Gasteiger partial charge >= 0.3 is 0 Å². The molecule has 0 spiro atoms. The van der Waals surface area contributed by atoms with Crippen LogP contribution < -0.4 is 10.0 Å². The van der Waals surface area contributed by atoms with E-state index in [1.54, 1.807) is 0 Å². The summed E-state index contributed by atoms with van der Waals surface area (Å²) < 4.78 is 32.7. The van der Waals surface area contributed by atoms with Crippen molar-refractivity contribution >= 4 is 27.3 Å².